The van der Waals surface area contributed by atoms with Gasteiger partial charge >= 0.3 is 0 Å². The third-order valence-corrected chi connectivity index (χ3v) is 4.29. The predicted octanol–water partition coefficient (Wildman–Crippen LogP) is 1.56. The summed E-state index contributed by atoms with van der Waals surface area (Å²) < 4.78 is 23.7. The standard InChI is InChI=1S/C13H19NO3S/c1-7(2)12-9(4)8(3)10(13(14)15)6-11(12)18(5,16)17/h6-8H,4H2,1-3,5H3,(H2,14,15). The fourth-order valence-corrected chi connectivity index (χ4v) is 3.28. The Balaban J connectivity index is 3.64. The third kappa shape index (κ3) is 2.56. The second kappa shape index (κ2) is 4.72. The molecule has 100 valence electrons. The molecule has 0 aromatic heterocycles. The topological polar surface area (TPSA) is 77.2 Å². The molecule has 1 rings (SSSR count). The molecule has 0 saturated carbocycles. The summed E-state index contributed by atoms with van der Waals surface area (Å²) in [5, 5.41) is 0. The molecule has 1 atom stereocenters. The van der Waals surface area contributed by atoms with Crippen LogP contribution in [0.5, 0.6) is 0 Å². The first-order chi connectivity index (χ1) is 8.07. The molecule has 1 amide bonds. The number of hydrogen-bond acceptors (Lipinski definition) is 3. The van der Waals surface area contributed by atoms with Crippen molar-refractivity contribution in [3.63, 3.8) is 0 Å². The molecule has 5 heteroatoms. The molecule has 1 aliphatic rings. The van der Waals surface area contributed by atoms with Crippen LogP contribution in [0.1, 0.15) is 20.8 Å². The van der Waals surface area contributed by atoms with E-state index in [1.54, 1.807) is 6.92 Å². The Labute approximate surface area is 108 Å². The Kier molecular flexibility index (Phi) is 3.86. The van der Waals surface area contributed by atoms with Gasteiger partial charge in [-0.15, -0.1) is 0 Å². The van der Waals surface area contributed by atoms with Crippen LogP contribution in [0.4, 0.5) is 0 Å². The first-order valence-corrected chi connectivity index (χ1v) is 7.61. The minimum atomic E-state index is -3.41. The van der Waals surface area contributed by atoms with Crippen molar-refractivity contribution in [2.75, 3.05) is 6.26 Å². The first kappa shape index (κ1) is 14.7. The van der Waals surface area contributed by atoms with Crippen molar-refractivity contribution < 1.29 is 13.2 Å². The van der Waals surface area contributed by atoms with Crippen LogP contribution in [-0.4, -0.2) is 20.6 Å². The summed E-state index contributed by atoms with van der Waals surface area (Å²) in [7, 11) is -3.41. The first-order valence-electron chi connectivity index (χ1n) is 5.72. The quantitative estimate of drug-likeness (QED) is 0.844. The molecule has 0 heterocycles. The second-order valence-electron chi connectivity index (χ2n) is 4.92. The zero-order chi connectivity index (χ0) is 14.2. The smallest absolute Gasteiger partial charge is 0.245 e. The maximum absolute atomic E-state index is 11.8. The van der Waals surface area contributed by atoms with Gasteiger partial charge in [-0.2, -0.15) is 0 Å². The van der Waals surface area contributed by atoms with Gasteiger partial charge in [-0.3, -0.25) is 4.79 Å². The normalized spacial score (nSPS) is 21.3. The van der Waals surface area contributed by atoms with E-state index in [-0.39, 0.29) is 16.7 Å². The summed E-state index contributed by atoms with van der Waals surface area (Å²) in [6.07, 6.45) is 2.52. The monoisotopic (exact) mass is 269 g/mol. The highest BCUT2D eigenvalue weighted by Crippen LogP contribution is 2.38. The molecule has 0 aromatic carbocycles. The SMILES string of the molecule is C=C1C(C(C)C)=C(S(C)(=O)=O)C=C(C(N)=O)C1C. The highest BCUT2D eigenvalue weighted by Gasteiger charge is 2.31. The molecule has 0 aromatic rings. The van der Waals surface area contributed by atoms with Gasteiger partial charge in [-0.05, 0) is 23.1 Å². The number of amides is 1. The van der Waals surface area contributed by atoms with Crippen LogP contribution in [0.3, 0.4) is 0 Å². The van der Waals surface area contributed by atoms with Crippen molar-refractivity contribution in [2.24, 2.45) is 17.6 Å². The number of sulfone groups is 1. The van der Waals surface area contributed by atoms with Crippen LogP contribution in [0.25, 0.3) is 0 Å². The fraction of sp³-hybridized carbons (Fsp3) is 0.462. The summed E-state index contributed by atoms with van der Waals surface area (Å²) in [5.41, 5.74) is 6.92. The van der Waals surface area contributed by atoms with Crippen molar-refractivity contribution in [3.8, 4) is 0 Å². The van der Waals surface area contributed by atoms with Gasteiger partial charge in [0.2, 0.25) is 5.91 Å². The molecular formula is C13H19NO3S. The zero-order valence-electron chi connectivity index (χ0n) is 11.1. The average molecular weight is 269 g/mol. The molecule has 0 saturated heterocycles. The van der Waals surface area contributed by atoms with E-state index in [1.807, 2.05) is 13.8 Å². The number of allylic oxidation sites excluding steroid dienone is 3. The molecule has 0 spiro atoms. The molecule has 0 fully saturated rings. The highest BCUT2D eigenvalue weighted by molar-refractivity contribution is 7.94. The minimum Gasteiger partial charge on any atom is -0.366 e. The Bertz CT molecular complexity index is 565. The molecular weight excluding hydrogens is 250 g/mol. The van der Waals surface area contributed by atoms with Crippen LogP contribution in [0, 0.1) is 11.8 Å². The lowest BCUT2D eigenvalue weighted by Gasteiger charge is -2.28. The summed E-state index contributed by atoms with van der Waals surface area (Å²) in [4.78, 5) is 11.5. The molecule has 1 unspecified atom stereocenters. The summed E-state index contributed by atoms with van der Waals surface area (Å²) in [5.74, 6) is -0.826. The van der Waals surface area contributed by atoms with E-state index in [1.165, 1.54) is 6.08 Å². The highest BCUT2D eigenvalue weighted by atomic mass is 32.2. The molecule has 4 nitrogen and oxygen atoms in total. The molecule has 0 radical (unpaired) electrons. The van der Waals surface area contributed by atoms with Crippen LogP contribution in [-0.2, 0) is 14.6 Å². The van der Waals surface area contributed by atoms with Crippen molar-refractivity contribution in [1.29, 1.82) is 0 Å². The fourth-order valence-electron chi connectivity index (χ4n) is 2.17. The molecule has 0 bridgehead atoms. The number of rotatable bonds is 3. The summed E-state index contributed by atoms with van der Waals surface area (Å²) >= 11 is 0. The zero-order valence-corrected chi connectivity index (χ0v) is 12.0. The number of primary amides is 1. The van der Waals surface area contributed by atoms with E-state index in [4.69, 9.17) is 5.73 Å². The lowest BCUT2D eigenvalue weighted by molar-refractivity contribution is -0.114. The largest absolute Gasteiger partial charge is 0.366 e. The van der Waals surface area contributed by atoms with Gasteiger partial charge in [0, 0.05) is 17.7 Å². The van der Waals surface area contributed by atoms with Crippen molar-refractivity contribution in [3.05, 3.63) is 34.3 Å². The van der Waals surface area contributed by atoms with E-state index >= 15 is 0 Å². The lowest BCUT2D eigenvalue weighted by atomic mass is 9.80. The van der Waals surface area contributed by atoms with Crippen LogP contribution in [0.2, 0.25) is 0 Å². The number of nitrogens with two attached hydrogens (primary N) is 1. The maximum atomic E-state index is 11.8. The maximum Gasteiger partial charge on any atom is 0.245 e. The van der Waals surface area contributed by atoms with E-state index in [2.05, 4.69) is 6.58 Å². The number of carbonyl (C=O) groups is 1. The Morgan fingerprint density at radius 1 is 1.44 bits per heavy atom. The van der Waals surface area contributed by atoms with Gasteiger partial charge in [0.1, 0.15) is 0 Å². The van der Waals surface area contributed by atoms with Gasteiger partial charge < -0.3 is 5.73 Å². The number of carbonyl (C=O) groups excluding carboxylic acids is 1. The van der Waals surface area contributed by atoms with Crippen molar-refractivity contribution >= 4 is 15.7 Å². The van der Waals surface area contributed by atoms with Gasteiger partial charge in [0.05, 0.1) is 4.91 Å². The van der Waals surface area contributed by atoms with Gasteiger partial charge in [-0.1, -0.05) is 27.4 Å². The van der Waals surface area contributed by atoms with Crippen LogP contribution >= 0.6 is 0 Å². The van der Waals surface area contributed by atoms with Gasteiger partial charge in [-0.25, -0.2) is 8.42 Å². The molecule has 2 N–H and O–H groups in total. The third-order valence-electron chi connectivity index (χ3n) is 3.15. The van der Waals surface area contributed by atoms with Gasteiger partial charge in [0.15, 0.2) is 9.84 Å². The van der Waals surface area contributed by atoms with E-state index in [0.717, 1.165) is 6.26 Å². The molecule has 0 aliphatic heterocycles. The minimum absolute atomic E-state index is 0.0235. The van der Waals surface area contributed by atoms with E-state index in [9.17, 15) is 13.2 Å². The van der Waals surface area contributed by atoms with Crippen molar-refractivity contribution in [1.82, 2.24) is 0 Å². The van der Waals surface area contributed by atoms with Crippen LogP contribution < -0.4 is 5.73 Å². The summed E-state index contributed by atoms with van der Waals surface area (Å²) in [6, 6.07) is 0. The molecule has 18 heavy (non-hydrogen) atoms. The Morgan fingerprint density at radius 3 is 2.28 bits per heavy atom. The number of hydrogen-bond donors (Lipinski definition) is 1. The Hall–Kier alpha value is -1.36. The predicted molar refractivity (Wildman–Crippen MR) is 72.3 cm³/mol. The Morgan fingerprint density at radius 2 is 1.94 bits per heavy atom. The summed E-state index contributed by atoms with van der Waals surface area (Å²) in [6.45, 7) is 9.54. The average Bonchev–Trinajstić information content (AvgIpc) is 2.18. The molecule has 1 aliphatic carbocycles. The van der Waals surface area contributed by atoms with Gasteiger partial charge in [0.25, 0.3) is 0 Å². The van der Waals surface area contributed by atoms with E-state index in [0.29, 0.717) is 16.7 Å². The van der Waals surface area contributed by atoms with Crippen LogP contribution in [0.15, 0.2) is 34.3 Å². The van der Waals surface area contributed by atoms with Crippen molar-refractivity contribution in [2.45, 2.75) is 20.8 Å². The lowest BCUT2D eigenvalue weighted by Crippen LogP contribution is -2.26. The second-order valence-corrected chi connectivity index (χ2v) is 6.90. The van der Waals surface area contributed by atoms with E-state index < -0.39 is 15.7 Å².